The third-order valence-corrected chi connectivity index (χ3v) is 5.60. The van der Waals surface area contributed by atoms with Gasteiger partial charge in [0.2, 0.25) is 0 Å². The van der Waals surface area contributed by atoms with Gasteiger partial charge in [0.25, 0.3) is 0 Å². The van der Waals surface area contributed by atoms with E-state index in [4.69, 9.17) is 10.5 Å². The van der Waals surface area contributed by atoms with E-state index in [0.29, 0.717) is 12.1 Å². The Labute approximate surface area is 123 Å². The van der Waals surface area contributed by atoms with Crippen LogP contribution in [0.2, 0.25) is 0 Å². The molecular formula is C16H31N3O. The van der Waals surface area contributed by atoms with E-state index in [9.17, 15) is 0 Å². The summed E-state index contributed by atoms with van der Waals surface area (Å²) in [5.74, 6) is 0. The summed E-state index contributed by atoms with van der Waals surface area (Å²) in [6.45, 7) is 8.19. The maximum Gasteiger partial charge on any atom is 0.0587 e. The molecule has 116 valence electrons. The molecule has 3 saturated heterocycles. The van der Waals surface area contributed by atoms with Crippen molar-refractivity contribution in [2.75, 3.05) is 32.8 Å². The van der Waals surface area contributed by atoms with Crippen LogP contribution in [0, 0.1) is 0 Å². The van der Waals surface area contributed by atoms with Gasteiger partial charge in [0, 0.05) is 37.8 Å². The summed E-state index contributed by atoms with van der Waals surface area (Å²) in [5.41, 5.74) is 6.02. The molecule has 0 aromatic heterocycles. The van der Waals surface area contributed by atoms with E-state index in [2.05, 4.69) is 16.7 Å². The van der Waals surface area contributed by atoms with Gasteiger partial charge in [0.15, 0.2) is 0 Å². The van der Waals surface area contributed by atoms with Crippen LogP contribution in [0.3, 0.4) is 0 Å². The van der Waals surface area contributed by atoms with Crippen LogP contribution in [0.4, 0.5) is 0 Å². The highest BCUT2D eigenvalue weighted by atomic mass is 16.5. The molecule has 0 aliphatic carbocycles. The van der Waals surface area contributed by atoms with Gasteiger partial charge in [-0.25, -0.2) is 0 Å². The van der Waals surface area contributed by atoms with Crippen LogP contribution in [0.25, 0.3) is 0 Å². The number of ether oxygens (including phenoxy) is 1. The minimum atomic E-state index is 0.449. The van der Waals surface area contributed by atoms with Crippen molar-refractivity contribution in [3.05, 3.63) is 0 Å². The average Bonchev–Trinajstić information content (AvgIpc) is 2.98. The third kappa shape index (κ3) is 3.35. The summed E-state index contributed by atoms with van der Waals surface area (Å²) in [6.07, 6.45) is 7.86. The molecular weight excluding hydrogens is 250 g/mol. The molecule has 0 spiro atoms. The molecule has 0 aromatic rings. The molecule has 4 nitrogen and oxygen atoms in total. The van der Waals surface area contributed by atoms with Gasteiger partial charge >= 0.3 is 0 Å². The van der Waals surface area contributed by atoms with Crippen LogP contribution >= 0.6 is 0 Å². The van der Waals surface area contributed by atoms with Crippen LogP contribution in [0.15, 0.2) is 0 Å². The number of piperidine rings is 1. The number of nitrogens with two attached hydrogens (primary N) is 1. The van der Waals surface area contributed by atoms with E-state index >= 15 is 0 Å². The second-order valence-electron chi connectivity index (χ2n) is 6.89. The normalized spacial score (nSPS) is 38.4. The number of nitrogens with zero attached hydrogens (tertiary/aromatic N) is 2. The number of hydrogen-bond acceptors (Lipinski definition) is 4. The molecule has 3 heterocycles. The summed E-state index contributed by atoms with van der Waals surface area (Å²) < 4.78 is 5.82. The summed E-state index contributed by atoms with van der Waals surface area (Å²) >= 11 is 0. The van der Waals surface area contributed by atoms with Crippen LogP contribution in [0.5, 0.6) is 0 Å². The van der Waals surface area contributed by atoms with Gasteiger partial charge in [-0.15, -0.1) is 0 Å². The van der Waals surface area contributed by atoms with Crippen molar-refractivity contribution in [1.82, 2.24) is 9.80 Å². The zero-order chi connectivity index (χ0) is 13.9. The van der Waals surface area contributed by atoms with Crippen LogP contribution in [0.1, 0.15) is 45.4 Å². The average molecular weight is 281 g/mol. The van der Waals surface area contributed by atoms with E-state index in [1.165, 1.54) is 58.3 Å². The highest BCUT2D eigenvalue weighted by molar-refractivity contribution is 4.91. The molecule has 3 atom stereocenters. The maximum absolute atomic E-state index is 6.02. The fraction of sp³-hybridized carbons (Fsp3) is 1.00. The monoisotopic (exact) mass is 281 g/mol. The van der Waals surface area contributed by atoms with Crippen molar-refractivity contribution in [2.45, 2.75) is 69.7 Å². The van der Waals surface area contributed by atoms with Crippen molar-refractivity contribution in [3.8, 4) is 0 Å². The zero-order valence-corrected chi connectivity index (χ0v) is 13.0. The maximum atomic E-state index is 6.02. The first-order chi connectivity index (χ1) is 9.76. The molecule has 0 bridgehead atoms. The minimum absolute atomic E-state index is 0.449. The van der Waals surface area contributed by atoms with Gasteiger partial charge in [-0.2, -0.15) is 0 Å². The standard InChI is InChI=1S/C16H31N3O/c1-2-16-11-14(6-10-20-16)19-9-5-15(12-19)18-7-3-13(17)4-8-18/h13-16H,2-12,17H2,1H3. The van der Waals surface area contributed by atoms with E-state index in [0.717, 1.165) is 25.1 Å². The Bertz CT molecular complexity index is 304. The van der Waals surface area contributed by atoms with E-state index in [1.807, 2.05) is 0 Å². The number of likely N-dealkylation sites (tertiary alicyclic amines) is 2. The predicted octanol–water partition coefficient (Wildman–Crippen LogP) is 1.44. The summed E-state index contributed by atoms with van der Waals surface area (Å²) in [7, 11) is 0. The largest absolute Gasteiger partial charge is 0.378 e. The predicted molar refractivity (Wildman–Crippen MR) is 81.8 cm³/mol. The molecule has 3 fully saturated rings. The fourth-order valence-electron chi connectivity index (χ4n) is 4.16. The topological polar surface area (TPSA) is 41.7 Å². The van der Waals surface area contributed by atoms with Crippen LogP contribution < -0.4 is 5.73 Å². The lowest BCUT2D eigenvalue weighted by atomic mass is 10.0. The molecule has 0 radical (unpaired) electrons. The Morgan fingerprint density at radius 2 is 1.75 bits per heavy atom. The van der Waals surface area contributed by atoms with E-state index < -0.39 is 0 Å². The molecule has 0 saturated carbocycles. The second-order valence-corrected chi connectivity index (χ2v) is 6.89. The zero-order valence-electron chi connectivity index (χ0n) is 13.0. The van der Waals surface area contributed by atoms with Gasteiger partial charge in [-0.05, 0) is 51.6 Å². The molecule has 4 heteroatoms. The van der Waals surface area contributed by atoms with Crippen LogP contribution in [-0.2, 0) is 4.74 Å². The fourth-order valence-corrected chi connectivity index (χ4v) is 4.16. The Hall–Kier alpha value is -0.160. The lowest BCUT2D eigenvalue weighted by Gasteiger charge is -2.37. The van der Waals surface area contributed by atoms with Gasteiger partial charge < -0.3 is 10.5 Å². The highest BCUT2D eigenvalue weighted by Crippen LogP contribution is 2.27. The SMILES string of the molecule is CCC1CC(N2CCC(N3CCC(N)CC3)C2)CCO1. The lowest BCUT2D eigenvalue weighted by Crippen LogP contribution is -2.47. The quantitative estimate of drug-likeness (QED) is 0.850. The Balaban J connectivity index is 1.49. The first-order valence-electron chi connectivity index (χ1n) is 8.61. The third-order valence-electron chi connectivity index (χ3n) is 5.60. The molecule has 3 aliphatic rings. The molecule has 20 heavy (non-hydrogen) atoms. The number of rotatable bonds is 3. The summed E-state index contributed by atoms with van der Waals surface area (Å²) in [5, 5.41) is 0. The molecule has 2 N–H and O–H groups in total. The molecule has 3 rings (SSSR count). The van der Waals surface area contributed by atoms with Gasteiger partial charge in [0.05, 0.1) is 6.10 Å². The molecule has 3 unspecified atom stereocenters. The summed E-state index contributed by atoms with van der Waals surface area (Å²) in [6, 6.07) is 2.00. The Morgan fingerprint density at radius 1 is 1.00 bits per heavy atom. The van der Waals surface area contributed by atoms with Crippen molar-refractivity contribution >= 4 is 0 Å². The van der Waals surface area contributed by atoms with Gasteiger partial charge in [0.1, 0.15) is 0 Å². The molecule has 0 aromatic carbocycles. The Kier molecular flexibility index (Phi) is 4.97. The van der Waals surface area contributed by atoms with Crippen molar-refractivity contribution in [2.24, 2.45) is 5.73 Å². The smallest absolute Gasteiger partial charge is 0.0587 e. The van der Waals surface area contributed by atoms with Gasteiger partial charge in [-0.1, -0.05) is 6.92 Å². The van der Waals surface area contributed by atoms with E-state index in [1.54, 1.807) is 0 Å². The van der Waals surface area contributed by atoms with Crippen molar-refractivity contribution in [3.63, 3.8) is 0 Å². The number of hydrogen-bond donors (Lipinski definition) is 1. The minimum Gasteiger partial charge on any atom is -0.378 e. The first-order valence-corrected chi connectivity index (χ1v) is 8.61. The Morgan fingerprint density at radius 3 is 2.50 bits per heavy atom. The first kappa shape index (κ1) is 14.8. The van der Waals surface area contributed by atoms with Crippen LogP contribution in [-0.4, -0.2) is 66.8 Å². The van der Waals surface area contributed by atoms with Crippen molar-refractivity contribution in [1.29, 1.82) is 0 Å². The summed E-state index contributed by atoms with van der Waals surface area (Å²) in [4.78, 5) is 5.43. The van der Waals surface area contributed by atoms with Gasteiger partial charge in [-0.3, -0.25) is 9.80 Å². The van der Waals surface area contributed by atoms with E-state index in [-0.39, 0.29) is 0 Å². The second kappa shape index (κ2) is 6.73. The molecule has 3 aliphatic heterocycles. The van der Waals surface area contributed by atoms with Crippen molar-refractivity contribution < 1.29 is 4.74 Å². The molecule has 0 amide bonds. The highest BCUT2D eigenvalue weighted by Gasteiger charge is 2.34. The lowest BCUT2D eigenvalue weighted by molar-refractivity contribution is -0.0250.